The van der Waals surface area contributed by atoms with Gasteiger partial charge in [-0.1, -0.05) is 21.6 Å². The Labute approximate surface area is 108 Å². The summed E-state index contributed by atoms with van der Waals surface area (Å²) in [6.07, 6.45) is 1.41. The maximum Gasteiger partial charge on any atom is 0.0340 e. The summed E-state index contributed by atoms with van der Waals surface area (Å²) in [5, 5.41) is 2.00. The van der Waals surface area contributed by atoms with E-state index in [1.165, 1.54) is 40.9 Å². The molecule has 0 aromatic heterocycles. The molecule has 0 N–H and O–H groups in total. The van der Waals surface area contributed by atoms with Crippen molar-refractivity contribution in [2.24, 2.45) is 0 Å². The molecule has 0 nitrogen and oxygen atoms in total. The zero-order chi connectivity index (χ0) is 9.64. The van der Waals surface area contributed by atoms with Gasteiger partial charge in [0, 0.05) is 33.5 Å². The van der Waals surface area contributed by atoms with Crippen LogP contribution >= 0.6 is 56.9 Å². The van der Waals surface area contributed by atoms with Crippen LogP contribution in [0.1, 0.15) is 6.42 Å². The van der Waals surface area contributed by atoms with Gasteiger partial charge < -0.3 is 0 Å². The molecule has 2 heterocycles. The van der Waals surface area contributed by atoms with Gasteiger partial charge in [0.1, 0.15) is 0 Å². The third-order valence-corrected chi connectivity index (χ3v) is 8.99. The van der Waals surface area contributed by atoms with Gasteiger partial charge in [-0.2, -0.15) is 35.3 Å². The van der Waals surface area contributed by atoms with Gasteiger partial charge in [-0.25, -0.2) is 0 Å². The zero-order valence-corrected chi connectivity index (χ0v) is 12.2. The maximum absolute atomic E-state index is 2.16. The van der Waals surface area contributed by atoms with Crippen molar-refractivity contribution in [3.63, 3.8) is 0 Å². The lowest BCUT2D eigenvalue weighted by atomic mass is 10.5. The summed E-state index contributed by atoms with van der Waals surface area (Å²) in [5.41, 5.74) is 0. The van der Waals surface area contributed by atoms with Gasteiger partial charge in [0.15, 0.2) is 0 Å². The molecule has 0 amide bonds. The molecule has 0 aromatic carbocycles. The molecule has 5 heteroatoms. The minimum atomic E-state index is 0.973. The molecular formula is C9H16S5. The molecule has 0 saturated carbocycles. The molecule has 0 bridgehead atoms. The summed E-state index contributed by atoms with van der Waals surface area (Å²) in [6.45, 7) is 0. The van der Waals surface area contributed by atoms with Crippen LogP contribution in [0.2, 0.25) is 0 Å². The van der Waals surface area contributed by atoms with E-state index >= 15 is 0 Å². The quantitative estimate of drug-likeness (QED) is 0.377. The Balaban J connectivity index is 1.29. The summed E-state index contributed by atoms with van der Waals surface area (Å²) < 4.78 is 0. The van der Waals surface area contributed by atoms with E-state index in [1.54, 1.807) is 0 Å². The minimum absolute atomic E-state index is 0.973. The first kappa shape index (κ1) is 12.2. The molecule has 2 saturated heterocycles. The third kappa shape index (κ3) is 5.19. The summed E-state index contributed by atoms with van der Waals surface area (Å²) >= 11 is 6.44. The van der Waals surface area contributed by atoms with Crippen LogP contribution in [0.5, 0.6) is 0 Å². The van der Waals surface area contributed by atoms with E-state index in [0.717, 1.165) is 10.5 Å². The van der Waals surface area contributed by atoms with Gasteiger partial charge in [-0.05, 0) is 17.9 Å². The smallest absolute Gasteiger partial charge is 0.0340 e. The van der Waals surface area contributed by atoms with Gasteiger partial charge in [-0.15, -0.1) is 0 Å². The molecule has 2 fully saturated rings. The van der Waals surface area contributed by atoms with Crippen LogP contribution in [0.4, 0.5) is 0 Å². The summed E-state index contributed by atoms with van der Waals surface area (Å²) in [7, 11) is 4.10. The van der Waals surface area contributed by atoms with Gasteiger partial charge >= 0.3 is 0 Å². The molecule has 0 radical (unpaired) electrons. The Morgan fingerprint density at radius 2 is 1.64 bits per heavy atom. The van der Waals surface area contributed by atoms with E-state index in [9.17, 15) is 0 Å². The fourth-order valence-corrected chi connectivity index (χ4v) is 6.74. The van der Waals surface area contributed by atoms with Crippen LogP contribution in [0.3, 0.4) is 0 Å². The first-order valence-corrected chi connectivity index (χ1v) is 10.7. The molecule has 0 spiro atoms. The Kier molecular flexibility index (Phi) is 6.24. The average Bonchev–Trinajstić information content (AvgIpc) is 2.90. The topological polar surface area (TPSA) is 0 Å². The van der Waals surface area contributed by atoms with Crippen molar-refractivity contribution in [3.05, 3.63) is 0 Å². The number of thioether (sulfide) groups is 3. The van der Waals surface area contributed by atoms with Crippen LogP contribution in [-0.4, -0.2) is 45.0 Å². The standard InChI is InChI=1S/C9H16S5/c1(2-10-4-8-6-12-8)3-11-5-9-7-13-14-9/h8-9H,1-7H2. The lowest BCUT2D eigenvalue weighted by Gasteiger charge is -2.22. The Bertz CT molecular complexity index is 155. The lowest BCUT2D eigenvalue weighted by molar-refractivity contribution is 1.10. The second-order valence-corrected chi connectivity index (χ2v) is 9.81. The second kappa shape index (κ2) is 7.15. The van der Waals surface area contributed by atoms with Crippen molar-refractivity contribution < 1.29 is 0 Å². The number of rotatable bonds is 8. The molecular weight excluding hydrogens is 268 g/mol. The van der Waals surface area contributed by atoms with Gasteiger partial charge in [0.25, 0.3) is 0 Å². The molecule has 14 heavy (non-hydrogen) atoms. The Morgan fingerprint density at radius 1 is 1.00 bits per heavy atom. The predicted molar refractivity (Wildman–Crippen MR) is 79.4 cm³/mol. The van der Waals surface area contributed by atoms with Crippen LogP contribution in [0.15, 0.2) is 0 Å². The van der Waals surface area contributed by atoms with E-state index in [2.05, 4.69) is 46.1 Å². The highest BCUT2D eigenvalue weighted by Gasteiger charge is 2.21. The maximum atomic E-state index is 2.16. The van der Waals surface area contributed by atoms with Crippen molar-refractivity contribution in [2.45, 2.75) is 16.9 Å². The summed E-state index contributed by atoms with van der Waals surface area (Å²) in [6, 6.07) is 0. The van der Waals surface area contributed by atoms with E-state index in [0.29, 0.717) is 0 Å². The van der Waals surface area contributed by atoms with Crippen LogP contribution < -0.4 is 0 Å². The van der Waals surface area contributed by atoms with E-state index in [1.807, 2.05) is 10.8 Å². The van der Waals surface area contributed by atoms with E-state index in [4.69, 9.17) is 0 Å². The van der Waals surface area contributed by atoms with Crippen LogP contribution in [-0.2, 0) is 0 Å². The zero-order valence-electron chi connectivity index (χ0n) is 8.15. The largest absolute Gasteiger partial charge is 0.161 e. The summed E-state index contributed by atoms with van der Waals surface area (Å²) in [5.74, 6) is 8.39. The molecule has 2 rings (SSSR count). The Hall–Kier alpha value is 1.75. The predicted octanol–water partition coefficient (Wildman–Crippen LogP) is 3.72. The van der Waals surface area contributed by atoms with Crippen LogP contribution in [0.25, 0.3) is 0 Å². The molecule has 82 valence electrons. The first-order chi connectivity index (χ1) is 6.95. The molecule has 2 atom stereocenters. The lowest BCUT2D eigenvalue weighted by Crippen LogP contribution is -2.15. The van der Waals surface area contributed by atoms with Crippen molar-refractivity contribution in [1.82, 2.24) is 0 Å². The highest BCUT2D eigenvalue weighted by atomic mass is 33.1. The molecule has 2 aliphatic heterocycles. The molecule has 0 aromatic rings. The van der Waals surface area contributed by atoms with Crippen molar-refractivity contribution in [2.75, 3.05) is 34.5 Å². The highest BCUT2D eigenvalue weighted by Crippen LogP contribution is 2.41. The normalized spacial score (nSPS) is 30.0. The summed E-state index contributed by atoms with van der Waals surface area (Å²) in [4.78, 5) is 0. The van der Waals surface area contributed by atoms with Crippen molar-refractivity contribution in [1.29, 1.82) is 0 Å². The van der Waals surface area contributed by atoms with Crippen LogP contribution in [0, 0.1) is 0 Å². The molecule has 0 aliphatic carbocycles. The minimum Gasteiger partial charge on any atom is -0.161 e. The third-order valence-electron chi connectivity index (χ3n) is 2.05. The van der Waals surface area contributed by atoms with E-state index in [-0.39, 0.29) is 0 Å². The monoisotopic (exact) mass is 284 g/mol. The fraction of sp³-hybridized carbons (Fsp3) is 1.00. The first-order valence-electron chi connectivity index (χ1n) is 5.00. The van der Waals surface area contributed by atoms with Crippen molar-refractivity contribution in [3.8, 4) is 0 Å². The molecule has 2 unspecified atom stereocenters. The number of hydrogen-bond donors (Lipinski definition) is 0. The van der Waals surface area contributed by atoms with Gasteiger partial charge in [0.05, 0.1) is 0 Å². The molecule has 2 aliphatic rings. The van der Waals surface area contributed by atoms with Crippen molar-refractivity contribution >= 4 is 56.9 Å². The SMILES string of the molecule is C(CSCC1CS1)CSCC1CSS1. The fourth-order valence-electron chi connectivity index (χ4n) is 1.10. The van der Waals surface area contributed by atoms with E-state index < -0.39 is 0 Å². The second-order valence-electron chi connectivity index (χ2n) is 3.46. The number of hydrogen-bond acceptors (Lipinski definition) is 5. The average molecular weight is 285 g/mol. The van der Waals surface area contributed by atoms with Gasteiger partial charge in [0.2, 0.25) is 0 Å². The Morgan fingerprint density at radius 3 is 2.14 bits per heavy atom. The highest BCUT2D eigenvalue weighted by molar-refractivity contribution is 8.79. The van der Waals surface area contributed by atoms with Gasteiger partial charge in [-0.3, -0.25) is 0 Å².